The Kier molecular flexibility index (Phi) is 5.27. The monoisotopic (exact) mass is 405 g/mol. The first-order valence-corrected chi connectivity index (χ1v) is 9.85. The summed E-state index contributed by atoms with van der Waals surface area (Å²) in [5.74, 6) is 0.845. The van der Waals surface area contributed by atoms with Crippen LogP contribution in [0.5, 0.6) is 5.75 Å². The second-order valence-electron chi connectivity index (χ2n) is 7.30. The van der Waals surface area contributed by atoms with Crippen molar-refractivity contribution in [2.24, 2.45) is 0 Å². The van der Waals surface area contributed by atoms with Crippen molar-refractivity contribution in [2.45, 2.75) is 34.1 Å². The van der Waals surface area contributed by atoms with Crippen LogP contribution in [0.2, 0.25) is 0 Å². The van der Waals surface area contributed by atoms with E-state index in [1.165, 1.54) is 0 Å². The van der Waals surface area contributed by atoms with Crippen LogP contribution in [0.3, 0.4) is 0 Å². The van der Waals surface area contributed by atoms with Crippen LogP contribution in [0.25, 0.3) is 22.2 Å². The second-order valence-corrected chi connectivity index (χ2v) is 7.30. The Morgan fingerprint density at radius 3 is 2.60 bits per heavy atom. The van der Waals surface area contributed by atoms with E-state index in [2.05, 4.69) is 28.6 Å². The SMILES string of the molecule is CCCOc1ccc(-c2nonc2NC(=O)c2oc3cc(C)cc(C)c3c2C)cc1. The number of aromatic nitrogens is 2. The number of carbonyl (C=O) groups excluding carboxylic acids is 1. The molecule has 0 aliphatic heterocycles. The number of ether oxygens (including phenoxy) is 1. The third kappa shape index (κ3) is 3.66. The number of aryl methyl sites for hydroxylation is 3. The average molecular weight is 405 g/mol. The number of rotatable bonds is 6. The zero-order valence-electron chi connectivity index (χ0n) is 17.4. The molecule has 7 nitrogen and oxygen atoms in total. The molecule has 154 valence electrons. The molecular weight excluding hydrogens is 382 g/mol. The van der Waals surface area contributed by atoms with Gasteiger partial charge in [-0.05, 0) is 79.0 Å². The fraction of sp³-hybridized carbons (Fsp3) is 0.261. The van der Waals surface area contributed by atoms with Gasteiger partial charge in [0, 0.05) is 16.5 Å². The van der Waals surface area contributed by atoms with E-state index < -0.39 is 5.91 Å². The molecule has 0 fully saturated rings. The molecule has 2 aromatic carbocycles. The minimum Gasteiger partial charge on any atom is -0.494 e. The van der Waals surface area contributed by atoms with Crippen molar-refractivity contribution in [1.29, 1.82) is 0 Å². The van der Waals surface area contributed by atoms with Crippen molar-refractivity contribution in [3.8, 4) is 17.0 Å². The van der Waals surface area contributed by atoms with Crippen LogP contribution in [0.4, 0.5) is 5.82 Å². The number of anilines is 1. The van der Waals surface area contributed by atoms with Crippen molar-refractivity contribution in [2.75, 3.05) is 11.9 Å². The van der Waals surface area contributed by atoms with Gasteiger partial charge in [0.2, 0.25) is 5.82 Å². The van der Waals surface area contributed by atoms with Crippen molar-refractivity contribution in [1.82, 2.24) is 10.3 Å². The van der Waals surface area contributed by atoms with Crippen LogP contribution < -0.4 is 10.1 Å². The van der Waals surface area contributed by atoms with Crippen LogP contribution in [0, 0.1) is 20.8 Å². The number of fused-ring (bicyclic) bond motifs is 1. The molecule has 7 heteroatoms. The Balaban J connectivity index is 1.60. The van der Waals surface area contributed by atoms with Gasteiger partial charge in [0.25, 0.3) is 5.91 Å². The Hall–Kier alpha value is -3.61. The van der Waals surface area contributed by atoms with Gasteiger partial charge < -0.3 is 9.15 Å². The van der Waals surface area contributed by atoms with Crippen LogP contribution in [0.15, 0.2) is 45.4 Å². The van der Waals surface area contributed by atoms with Gasteiger partial charge in [0.05, 0.1) is 6.61 Å². The number of nitrogens with zero attached hydrogens (tertiary/aromatic N) is 2. The van der Waals surface area contributed by atoms with E-state index in [0.717, 1.165) is 39.8 Å². The highest BCUT2D eigenvalue weighted by Crippen LogP contribution is 2.31. The molecule has 4 aromatic rings. The maximum Gasteiger partial charge on any atom is 0.292 e. The smallest absolute Gasteiger partial charge is 0.292 e. The Morgan fingerprint density at radius 1 is 1.10 bits per heavy atom. The number of carbonyl (C=O) groups is 1. The molecule has 0 saturated heterocycles. The van der Waals surface area contributed by atoms with Gasteiger partial charge in [-0.3, -0.25) is 10.1 Å². The molecule has 1 N–H and O–H groups in total. The zero-order chi connectivity index (χ0) is 21.3. The first-order valence-electron chi connectivity index (χ1n) is 9.85. The van der Waals surface area contributed by atoms with Crippen molar-refractivity contribution in [3.63, 3.8) is 0 Å². The normalized spacial score (nSPS) is 11.1. The standard InChI is InChI=1S/C23H23N3O4/c1-5-10-28-17-8-6-16(7-9-17)20-22(26-30-25-20)24-23(27)21-15(4)19-14(3)11-13(2)12-18(19)29-21/h6-9,11-12H,5,10H2,1-4H3,(H,24,26,27). The first-order chi connectivity index (χ1) is 14.5. The molecular formula is C23H23N3O4. The molecule has 2 heterocycles. The van der Waals surface area contributed by atoms with E-state index in [-0.39, 0.29) is 11.6 Å². The molecule has 0 radical (unpaired) electrons. The third-order valence-corrected chi connectivity index (χ3v) is 4.90. The molecule has 0 unspecified atom stereocenters. The summed E-state index contributed by atoms with van der Waals surface area (Å²) in [7, 11) is 0. The van der Waals surface area contributed by atoms with Crippen molar-refractivity contribution in [3.05, 3.63) is 58.8 Å². The number of hydrogen-bond donors (Lipinski definition) is 1. The first kappa shape index (κ1) is 19.7. The molecule has 0 atom stereocenters. The van der Waals surface area contributed by atoms with Gasteiger partial charge in [-0.25, -0.2) is 4.63 Å². The van der Waals surface area contributed by atoms with E-state index in [1.54, 1.807) is 0 Å². The number of amides is 1. The summed E-state index contributed by atoms with van der Waals surface area (Å²) in [5.41, 5.74) is 4.82. The molecule has 1 amide bonds. The maximum atomic E-state index is 12.9. The summed E-state index contributed by atoms with van der Waals surface area (Å²) in [6, 6.07) is 11.4. The summed E-state index contributed by atoms with van der Waals surface area (Å²) in [4.78, 5) is 12.9. The zero-order valence-corrected chi connectivity index (χ0v) is 17.4. The predicted octanol–water partition coefficient (Wildman–Crippen LogP) is 5.45. The highest BCUT2D eigenvalue weighted by atomic mass is 16.6. The van der Waals surface area contributed by atoms with Gasteiger partial charge in [0.15, 0.2) is 11.5 Å². The van der Waals surface area contributed by atoms with E-state index >= 15 is 0 Å². The van der Waals surface area contributed by atoms with Gasteiger partial charge in [0.1, 0.15) is 11.3 Å². The molecule has 30 heavy (non-hydrogen) atoms. The fourth-order valence-corrected chi connectivity index (χ4v) is 3.56. The second kappa shape index (κ2) is 8.02. The molecule has 0 aliphatic rings. The highest BCUT2D eigenvalue weighted by Gasteiger charge is 2.22. The number of hydrogen-bond acceptors (Lipinski definition) is 6. The van der Waals surface area contributed by atoms with Crippen molar-refractivity contribution >= 4 is 22.7 Å². The average Bonchev–Trinajstić information content (AvgIpc) is 3.31. The quantitative estimate of drug-likeness (QED) is 0.459. The van der Waals surface area contributed by atoms with Gasteiger partial charge >= 0.3 is 0 Å². The summed E-state index contributed by atoms with van der Waals surface area (Å²) in [6.07, 6.45) is 0.936. The minimum atomic E-state index is -0.402. The van der Waals surface area contributed by atoms with Crippen LogP contribution in [0.1, 0.15) is 40.6 Å². The van der Waals surface area contributed by atoms with Crippen LogP contribution >= 0.6 is 0 Å². The summed E-state index contributed by atoms with van der Waals surface area (Å²) >= 11 is 0. The number of nitrogens with one attached hydrogen (secondary N) is 1. The molecule has 0 bridgehead atoms. The lowest BCUT2D eigenvalue weighted by Gasteiger charge is -2.05. The lowest BCUT2D eigenvalue weighted by molar-refractivity contribution is 0.0997. The topological polar surface area (TPSA) is 90.4 Å². The molecule has 2 aromatic heterocycles. The minimum absolute atomic E-state index is 0.231. The summed E-state index contributed by atoms with van der Waals surface area (Å²) in [6.45, 7) is 8.59. The summed E-state index contributed by atoms with van der Waals surface area (Å²) < 4.78 is 16.3. The maximum absolute atomic E-state index is 12.9. The number of furan rings is 1. The lowest BCUT2D eigenvalue weighted by atomic mass is 10.0. The molecule has 0 saturated carbocycles. The molecule has 4 rings (SSSR count). The lowest BCUT2D eigenvalue weighted by Crippen LogP contribution is -2.13. The third-order valence-electron chi connectivity index (χ3n) is 4.90. The Labute approximate surface area is 174 Å². The number of benzene rings is 2. The molecule has 0 aliphatic carbocycles. The van der Waals surface area contributed by atoms with Crippen LogP contribution in [-0.4, -0.2) is 22.8 Å². The van der Waals surface area contributed by atoms with Crippen LogP contribution in [-0.2, 0) is 0 Å². The fourth-order valence-electron chi connectivity index (χ4n) is 3.56. The van der Waals surface area contributed by atoms with E-state index in [9.17, 15) is 4.79 Å². The van der Waals surface area contributed by atoms with E-state index in [4.69, 9.17) is 13.8 Å². The van der Waals surface area contributed by atoms with Gasteiger partial charge in [-0.15, -0.1) is 0 Å². The molecule has 0 spiro atoms. The van der Waals surface area contributed by atoms with Gasteiger partial charge in [-0.2, -0.15) is 0 Å². The largest absolute Gasteiger partial charge is 0.494 e. The van der Waals surface area contributed by atoms with Gasteiger partial charge in [-0.1, -0.05) is 13.0 Å². The Morgan fingerprint density at radius 2 is 1.87 bits per heavy atom. The predicted molar refractivity (Wildman–Crippen MR) is 114 cm³/mol. The highest BCUT2D eigenvalue weighted by molar-refractivity contribution is 6.07. The van der Waals surface area contributed by atoms with E-state index in [1.807, 2.05) is 51.1 Å². The Bertz CT molecular complexity index is 1210. The summed E-state index contributed by atoms with van der Waals surface area (Å²) in [5, 5.41) is 11.5. The van der Waals surface area contributed by atoms with Crippen molar-refractivity contribution < 1.29 is 18.6 Å². The van der Waals surface area contributed by atoms with E-state index in [0.29, 0.717) is 17.9 Å².